The summed E-state index contributed by atoms with van der Waals surface area (Å²) < 4.78 is 18.7. The number of benzene rings is 1. The van der Waals surface area contributed by atoms with Gasteiger partial charge in [-0.3, -0.25) is 0 Å². The lowest BCUT2D eigenvalue weighted by Gasteiger charge is -2.25. The first-order chi connectivity index (χ1) is 8.72. The van der Waals surface area contributed by atoms with E-state index in [1.807, 2.05) is 20.0 Å². The van der Waals surface area contributed by atoms with Crippen LogP contribution in [0.3, 0.4) is 0 Å². The summed E-state index contributed by atoms with van der Waals surface area (Å²) in [4.78, 5) is 2.21. The molecule has 18 heavy (non-hydrogen) atoms. The van der Waals surface area contributed by atoms with E-state index in [0.717, 1.165) is 30.9 Å². The largest absolute Gasteiger partial charge is 0.380 e. The van der Waals surface area contributed by atoms with Crippen molar-refractivity contribution in [1.29, 1.82) is 0 Å². The van der Waals surface area contributed by atoms with Gasteiger partial charge in [0.2, 0.25) is 0 Å². The molecule has 0 aliphatic rings. The molecule has 4 heteroatoms. The molecule has 1 N–H and O–H groups in total. The van der Waals surface area contributed by atoms with Crippen LogP contribution in [-0.4, -0.2) is 33.4 Å². The molecular formula is C14H23FN2O. The van der Waals surface area contributed by atoms with E-state index in [4.69, 9.17) is 4.74 Å². The number of hydrogen-bond donors (Lipinski definition) is 1. The summed E-state index contributed by atoms with van der Waals surface area (Å²) in [6.07, 6.45) is 0. The average Bonchev–Trinajstić information content (AvgIpc) is 2.36. The SMILES string of the molecule is CCOCCN(CC)c1ccc(F)cc1CNC. The molecule has 0 spiro atoms. The smallest absolute Gasteiger partial charge is 0.123 e. The van der Waals surface area contributed by atoms with Crippen molar-refractivity contribution in [3.05, 3.63) is 29.6 Å². The molecule has 0 bridgehead atoms. The second-order valence-corrected chi connectivity index (χ2v) is 4.08. The highest BCUT2D eigenvalue weighted by atomic mass is 19.1. The molecule has 0 aliphatic carbocycles. The van der Waals surface area contributed by atoms with Crippen molar-refractivity contribution in [2.45, 2.75) is 20.4 Å². The van der Waals surface area contributed by atoms with Crippen LogP contribution in [0.1, 0.15) is 19.4 Å². The number of nitrogens with one attached hydrogen (secondary N) is 1. The highest BCUT2D eigenvalue weighted by Gasteiger charge is 2.10. The zero-order chi connectivity index (χ0) is 13.4. The molecule has 102 valence electrons. The topological polar surface area (TPSA) is 24.5 Å². The van der Waals surface area contributed by atoms with Gasteiger partial charge in [0.15, 0.2) is 0 Å². The van der Waals surface area contributed by atoms with E-state index in [1.165, 1.54) is 6.07 Å². The number of ether oxygens (including phenoxy) is 1. The molecule has 1 aromatic rings. The van der Waals surface area contributed by atoms with Crippen molar-refractivity contribution in [2.24, 2.45) is 0 Å². The van der Waals surface area contributed by atoms with Crippen molar-refractivity contribution in [3.8, 4) is 0 Å². The van der Waals surface area contributed by atoms with Crippen molar-refractivity contribution in [2.75, 3.05) is 38.3 Å². The minimum atomic E-state index is -0.190. The summed E-state index contributed by atoms with van der Waals surface area (Å²) >= 11 is 0. The molecule has 0 fully saturated rings. The van der Waals surface area contributed by atoms with Crippen LogP contribution in [0.2, 0.25) is 0 Å². The lowest BCUT2D eigenvalue weighted by Crippen LogP contribution is -2.28. The number of nitrogens with zero attached hydrogens (tertiary/aromatic N) is 1. The van der Waals surface area contributed by atoms with Gasteiger partial charge in [0, 0.05) is 31.9 Å². The lowest BCUT2D eigenvalue weighted by molar-refractivity contribution is 0.154. The number of anilines is 1. The fraction of sp³-hybridized carbons (Fsp3) is 0.571. The van der Waals surface area contributed by atoms with Crippen LogP contribution >= 0.6 is 0 Å². The second-order valence-electron chi connectivity index (χ2n) is 4.08. The zero-order valence-electron chi connectivity index (χ0n) is 11.5. The number of rotatable bonds is 8. The normalized spacial score (nSPS) is 10.7. The van der Waals surface area contributed by atoms with Crippen molar-refractivity contribution in [1.82, 2.24) is 5.32 Å². The first-order valence-corrected chi connectivity index (χ1v) is 6.48. The molecule has 0 aromatic heterocycles. The molecule has 0 atom stereocenters. The van der Waals surface area contributed by atoms with Gasteiger partial charge in [0.25, 0.3) is 0 Å². The minimum absolute atomic E-state index is 0.190. The van der Waals surface area contributed by atoms with Gasteiger partial charge in [-0.2, -0.15) is 0 Å². The molecule has 0 heterocycles. The van der Waals surface area contributed by atoms with E-state index < -0.39 is 0 Å². The minimum Gasteiger partial charge on any atom is -0.380 e. The molecule has 1 rings (SSSR count). The molecule has 0 saturated heterocycles. The summed E-state index contributed by atoms with van der Waals surface area (Å²) in [5.74, 6) is -0.190. The van der Waals surface area contributed by atoms with E-state index in [-0.39, 0.29) is 5.82 Å². The van der Waals surface area contributed by atoms with Crippen molar-refractivity contribution in [3.63, 3.8) is 0 Å². The number of likely N-dealkylation sites (N-methyl/N-ethyl adjacent to an activating group) is 1. The van der Waals surface area contributed by atoms with Gasteiger partial charge in [-0.1, -0.05) is 0 Å². The molecular weight excluding hydrogens is 231 g/mol. The Hall–Kier alpha value is -1.13. The Kier molecular flexibility index (Phi) is 6.68. The maximum atomic E-state index is 13.3. The monoisotopic (exact) mass is 254 g/mol. The molecule has 3 nitrogen and oxygen atoms in total. The summed E-state index contributed by atoms with van der Waals surface area (Å²) in [5, 5.41) is 3.07. The summed E-state index contributed by atoms with van der Waals surface area (Å²) in [5.41, 5.74) is 2.06. The second kappa shape index (κ2) is 8.06. The van der Waals surface area contributed by atoms with Crippen LogP contribution in [0, 0.1) is 5.82 Å². The Morgan fingerprint density at radius 1 is 1.33 bits per heavy atom. The van der Waals surface area contributed by atoms with Gasteiger partial charge in [0.05, 0.1) is 6.61 Å². The van der Waals surface area contributed by atoms with E-state index in [9.17, 15) is 4.39 Å². The quantitative estimate of drug-likeness (QED) is 0.721. The van der Waals surface area contributed by atoms with Crippen LogP contribution in [0.4, 0.5) is 10.1 Å². The fourth-order valence-corrected chi connectivity index (χ4v) is 1.96. The Bertz CT molecular complexity index is 358. The number of hydrogen-bond acceptors (Lipinski definition) is 3. The van der Waals surface area contributed by atoms with Crippen LogP contribution in [-0.2, 0) is 11.3 Å². The average molecular weight is 254 g/mol. The molecule has 0 radical (unpaired) electrons. The van der Waals surface area contributed by atoms with Gasteiger partial charge in [0.1, 0.15) is 5.82 Å². The third-order valence-electron chi connectivity index (χ3n) is 2.84. The predicted octanol–water partition coefficient (Wildman–Crippen LogP) is 2.41. The number of halogens is 1. The Balaban J connectivity index is 2.82. The molecule has 0 amide bonds. The third-order valence-corrected chi connectivity index (χ3v) is 2.84. The summed E-state index contributed by atoms with van der Waals surface area (Å²) in [6, 6.07) is 4.95. The van der Waals surface area contributed by atoms with Gasteiger partial charge in [-0.05, 0) is 44.7 Å². The molecule has 1 aromatic carbocycles. The molecule has 0 aliphatic heterocycles. The predicted molar refractivity (Wildman–Crippen MR) is 73.5 cm³/mol. The highest BCUT2D eigenvalue weighted by molar-refractivity contribution is 5.53. The van der Waals surface area contributed by atoms with Gasteiger partial charge < -0.3 is 15.0 Å². The zero-order valence-corrected chi connectivity index (χ0v) is 11.5. The standard InChI is InChI=1S/C14H23FN2O/c1-4-17(8-9-18-5-2)14-7-6-13(15)10-12(14)11-16-3/h6-7,10,16H,4-5,8-9,11H2,1-3H3. The maximum absolute atomic E-state index is 13.3. The summed E-state index contributed by atoms with van der Waals surface area (Å²) in [6.45, 7) is 7.88. The van der Waals surface area contributed by atoms with E-state index in [0.29, 0.717) is 13.2 Å². The fourth-order valence-electron chi connectivity index (χ4n) is 1.96. The van der Waals surface area contributed by atoms with Gasteiger partial charge >= 0.3 is 0 Å². The highest BCUT2D eigenvalue weighted by Crippen LogP contribution is 2.21. The van der Waals surface area contributed by atoms with E-state index in [1.54, 1.807) is 6.07 Å². The first kappa shape index (κ1) is 14.9. The van der Waals surface area contributed by atoms with E-state index >= 15 is 0 Å². The third kappa shape index (κ3) is 4.27. The summed E-state index contributed by atoms with van der Waals surface area (Å²) in [7, 11) is 1.87. The van der Waals surface area contributed by atoms with E-state index in [2.05, 4.69) is 17.1 Å². The molecule has 0 unspecified atom stereocenters. The lowest BCUT2D eigenvalue weighted by atomic mass is 10.1. The van der Waals surface area contributed by atoms with Crippen LogP contribution in [0.5, 0.6) is 0 Å². The van der Waals surface area contributed by atoms with Crippen molar-refractivity contribution < 1.29 is 9.13 Å². The van der Waals surface area contributed by atoms with Crippen molar-refractivity contribution >= 4 is 5.69 Å². The molecule has 0 saturated carbocycles. The van der Waals surface area contributed by atoms with Crippen LogP contribution in [0.15, 0.2) is 18.2 Å². The first-order valence-electron chi connectivity index (χ1n) is 6.48. The van der Waals surface area contributed by atoms with Crippen LogP contribution < -0.4 is 10.2 Å². The van der Waals surface area contributed by atoms with Crippen LogP contribution in [0.25, 0.3) is 0 Å². The van der Waals surface area contributed by atoms with Gasteiger partial charge in [-0.15, -0.1) is 0 Å². The Morgan fingerprint density at radius 3 is 2.72 bits per heavy atom. The van der Waals surface area contributed by atoms with Gasteiger partial charge in [-0.25, -0.2) is 4.39 Å². The Morgan fingerprint density at radius 2 is 2.11 bits per heavy atom. The Labute approximate surface area is 109 Å². The maximum Gasteiger partial charge on any atom is 0.123 e.